The first-order chi connectivity index (χ1) is 4.54. The van der Waals surface area contributed by atoms with E-state index in [0.717, 1.165) is 14.2 Å². The van der Waals surface area contributed by atoms with Crippen molar-refractivity contribution >= 4 is 7.82 Å². The van der Waals surface area contributed by atoms with Crippen LogP contribution in [0.4, 0.5) is 0 Å². The summed E-state index contributed by atoms with van der Waals surface area (Å²) in [4.78, 5) is 8.24. The van der Waals surface area contributed by atoms with Crippen LogP contribution in [-0.4, -0.2) is 30.8 Å². The van der Waals surface area contributed by atoms with E-state index in [9.17, 15) is 4.57 Å². The molecule has 2 N–H and O–H groups in total. The van der Waals surface area contributed by atoms with Crippen LogP contribution in [0.1, 0.15) is 6.92 Å². The van der Waals surface area contributed by atoms with E-state index in [1.54, 1.807) is 6.92 Å². The Bertz CT molecular complexity index is 95.8. The highest BCUT2D eigenvalue weighted by Gasteiger charge is 2.13. The second-order valence-electron chi connectivity index (χ2n) is 1.15. The van der Waals surface area contributed by atoms with Crippen molar-refractivity contribution in [3.63, 3.8) is 0 Å². The fourth-order valence-corrected chi connectivity index (χ4v) is 0.224. The topological polar surface area (TPSA) is 76.0 Å². The Kier molecular flexibility index (Phi) is 9.13. The molecule has 0 aliphatic rings. The molecule has 0 saturated heterocycles. The number of rotatable bonds is 2. The third-order valence-electron chi connectivity index (χ3n) is 0.461. The quantitative estimate of drug-likeness (QED) is 0.589. The van der Waals surface area contributed by atoms with Crippen LogP contribution in [0.25, 0.3) is 0 Å². The highest BCUT2D eigenvalue weighted by Crippen LogP contribution is 2.40. The van der Waals surface area contributed by atoms with Crippen LogP contribution in [-0.2, 0) is 13.6 Å². The summed E-state index contributed by atoms with van der Waals surface area (Å²) in [6, 6.07) is 0. The van der Waals surface area contributed by atoms with Gasteiger partial charge in [-0.05, 0) is 6.92 Å². The van der Waals surface area contributed by atoms with Gasteiger partial charge in [-0.3, -0.25) is 9.05 Å². The molecule has 0 amide bonds. The smallest absolute Gasteiger partial charge is 0.397 e. The normalized spacial score (nSPS) is 10.1. The zero-order chi connectivity index (χ0) is 8.62. The highest BCUT2D eigenvalue weighted by molar-refractivity contribution is 7.47. The Morgan fingerprint density at radius 1 is 1.40 bits per heavy atom. The molecule has 0 aliphatic carbocycles. The summed E-state index contributed by atoms with van der Waals surface area (Å²) in [6.07, 6.45) is 0. The predicted molar refractivity (Wildman–Crippen MR) is 36.6 cm³/mol. The Balaban J connectivity index is 0. The highest BCUT2D eigenvalue weighted by atomic mass is 31.2. The van der Waals surface area contributed by atoms with E-state index in [0.29, 0.717) is 0 Å². The van der Waals surface area contributed by atoms with Gasteiger partial charge in [0.1, 0.15) is 0 Å². The minimum Gasteiger partial charge on any atom is -0.397 e. The van der Waals surface area contributed by atoms with Crippen molar-refractivity contribution < 1.29 is 23.6 Å². The van der Waals surface area contributed by atoms with Crippen molar-refractivity contribution in [3.8, 4) is 0 Å². The molecule has 0 radical (unpaired) electrons. The number of aliphatic hydroxyl groups is 1. The van der Waals surface area contributed by atoms with Crippen LogP contribution >= 0.6 is 7.82 Å². The average molecular weight is 172 g/mol. The molecule has 0 bridgehead atoms. The maximum Gasteiger partial charge on any atom is 0.471 e. The lowest BCUT2D eigenvalue weighted by molar-refractivity contribution is 0.204. The van der Waals surface area contributed by atoms with Gasteiger partial charge >= 0.3 is 7.82 Å². The van der Waals surface area contributed by atoms with Crippen molar-refractivity contribution in [2.75, 3.05) is 20.8 Å². The number of aliphatic hydroxyl groups excluding tert-OH is 1. The van der Waals surface area contributed by atoms with Gasteiger partial charge in [-0.2, -0.15) is 0 Å². The molecule has 0 heterocycles. The van der Waals surface area contributed by atoms with Gasteiger partial charge in [0.05, 0.1) is 0 Å². The average Bonchev–Trinajstić information content (AvgIpc) is 1.90. The Morgan fingerprint density at radius 3 is 1.60 bits per heavy atom. The first-order valence-electron chi connectivity index (χ1n) is 2.59. The maximum absolute atomic E-state index is 10.1. The third kappa shape index (κ3) is 10.9. The lowest BCUT2D eigenvalue weighted by Gasteiger charge is -2.01. The van der Waals surface area contributed by atoms with Crippen molar-refractivity contribution in [3.05, 3.63) is 0 Å². The lowest BCUT2D eigenvalue weighted by Crippen LogP contribution is -1.83. The van der Waals surface area contributed by atoms with E-state index in [2.05, 4.69) is 9.05 Å². The molecule has 64 valence electrons. The molecule has 0 atom stereocenters. The van der Waals surface area contributed by atoms with Crippen LogP contribution < -0.4 is 0 Å². The molecular weight excluding hydrogens is 159 g/mol. The van der Waals surface area contributed by atoms with Gasteiger partial charge < -0.3 is 10.00 Å². The van der Waals surface area contributed by atoms with Crippen LogP contribution in [0.2, 0.25) is 0 Å². The molecular formula is C4H13O5P. The minimum absolute atomic E-state index is 0.250. The summed E-state index contributed by atoms with van der Waals surface area (Å²) in [5.74, 6) is 0. The number of phosphoric ester groups is 1. The molecule has 6 heteroatoms. The fourth-order valence-electron chi connectivity index (χ4n) is 0.0745. The second-order valence-corrected chi connectivity index (χ2v) is 2.82. The standard InChI is InChI=1S/C2H7O4P.C2H6O/c1-5-7(3,4)6-2;1-2-3/h1-2H3,(H,3,4);3H,2H2,1H3. The Hall–Kier alpha value is 0.0700. The van der Waals surface area contributed by atoms with Gasteiger partial charge in [-0.15, -0.1) is 0 Å². The minimum atomic E-state index is -3.65. The van der Waals surface area contributed by atoms with Crippen molar-refractivity contribution in [1.82, 2.24) is 0 Å². The van der Waals surface area contributed by atoms with Crippen LogP contribution in [0.15, 0.2) is 0 Å². The van der Waals surface area contributed by atoms with Gasteiger partial charge in [0.25, 0.3) is 0 Å². The lowest BCUT2D eigenvalue weighted by atomic mass is 10.9. The van der Waals surface area contributed by atoms with Crippen molar-refractivity contribution in [2.24, 2.45) is 0 Å². The molecule has 0 spiro atoms. The monoisotopic (exact) mass is 172 g/mol. The van der Waals surface area contributed by atoms with Gasteiger partial charge in [-0.25, -0.2) is 4.57 Å². The van der Waals surface area contributed by atoms with E-state index in [-0.39, 0.29) is 6.61 Å². The number of hydrogen-bond acceptors (Lipinski definition) is 4. The van der Waals surface area contributed by atoms with E-state index >= 15 is 0 Å². The fraction of sp³-hybridized carbons (Fsp3) is 1.00. The summed E-state index contributed by atoms with van der Waals surface area (Å²) in [6.45, 7) is 1.93. The zero-order valence-electron chi connectivity index (χ0n) is 6.27. The Morgan fingerprint density at radius 2 is 1.60 bits per heavy atom. The molecule has 0 fully saturated rings. The largest absolute Gasteiger partial charge is 0.471 e. The maximum atomic E-state index is 10.1. The molecule has 5 nitrogen and oxygen atoms in total. The zero-order valence-corrected chi connectivity index (χ0v) is 7.17. The molecule has 10 heavy (non-hydrogen) atoms. The summed E-state index contributed by atoms with van der Waals surface area (Å²) in [5.41, 5.74) is 0. The van der Waals surface area contributed by atoms with Gasteiger partial charge in [0, 0.05) is 20.8 Å². The summed E-state index contributed by atoms with van der Waals surface area (Å²) >= 11 is 0. The first-order valence-corrected chi connectivity index (χ1v) is 4.08. The van der Waals surface area contributed by atoms with Crippen LogP contribution in [0.5, 0.6) is 0 Å². The predicted octanol–water partition coefficient (Wildman–Crippen LogP) is 0.378. The van der Waals surface area contributed by atoms with Gasteiger partial charge in [0.2, 0.25) is 0 Å². The molecule has 0 aromatic heterocycles. The molecule has 0 saturated carbocycles. The van der Waals surface area contributed by atoms with Crippen molar-refractivity contribution in [1.29, 1.82) is 0 Å². The third-order valence-corrected chi connectivity index (χ3v) is 1.38. The van der Waals surface area contributed by atoms with E-state index in [4.69, 9.17) is 10.00 Å². The van der Waals surface area contributed by atoms with E-state index < -0.39 is 7.82 Å². The second kappa shape index (κ2) is 7.18. The van der Waals surface area contributed by atoms with Crippen LogP contribution in [0, 0.1) is 0 Å². The summed E-state index contributed by atoms with van der Waals surface area (Å²) in [7, 11) is -1.45. The Labute approximate surface area is 60.2 Å². The van der Waals surface area contributed by atoms with Gasteiger partial charge in [-0.1, -0.05) is 0 Å². The summed E-state index contributed by atoms with van der Waals surface area (Å²) < 4.78 is 18.0. The molecule has 0 aliphatic heterocycles. The molecule has 0 aromatic carbocycles. The van der Waals surface area contributed by atoms with E-state index in [1.807, 2.05) is 0 Å². The van der Waals surface area contributed by atoms with Gasteiger partial charge in [0.15, 0.2) is 0 Å². The number of phosphoric acid groups is 1. The molecule has 0 rings (SSSR count). The van der Waals surface area contributed by atoms with Crippen LogP contribution in [0.3, 0.4) is 0 Å². The molecule has 0 unspecified atom stereocenters. The van der Waals surface area contributed by atoms with Crippen molar-refractivity contribution in [2.45, 2.75) is 6.92 Å². The molecule has 0 aromatic rings. The summed E-state index contributed by atoms with van der Waals surface area (Å²) in [5, 5.41) is 7.57. The first kappa shape index (κ1) is 12.7. The SMILES string of the molecule is CCO.COP(=O)(O)OC. The number of hydrogen-bond donors (Lipinski definition) is 2. The van der Waals surface area contributed by atoms with E-state index in [1.165, 1.54) is 0 Å².